The molecule has 0 unspecified atom stereocenters. The van der Waals surface area contributed by atoms with Crippen LogP contribution in [0.4, 0.5) is 10.1 Å². The molecule has 0 saturated heterocycles. The van der Waals surface area contributed by atoms with E-state index in [4.69, 9.17) is 0 Å². The average Bonchev–Trinajstić information content (AvgIpc) is 3.01. The second-order valence-corrected chi connectivity index (χ2v) is 5.18. The highest BCUT2D eigenvalue weighted by Crippen LogP contribution is 2.43. The second-order valence-electron chi connectivity index (χ2n) is 5.18. The van der Waals surface area contributed by atoms with Gasteiger partial charge in [-0.25, -0.2) is 4.39 Å². The van der Waals surface area contributed by atoms with Crippen molar-refractivity contribution in [2.24, 2.45) is 5.92 Å². The minimum absolute atomic E-state index is 0.101. The van der Waals surface area contributed by atoms with E-state index in [2.05, 4.69) is 5.32 Å². The fourth-order valence-corrected chi connectivity index (χ4v) is 2.38. The van der Waals surface area contributed by atoms with Crippen LogP contribution in [0.15, 0.2) is 18.2 Å². The minimum atomic E-state index is -0.101. The molecule has 0 radical (unpaired) electrons. The van der Waals surface area contributed by atoms with Gasteiger partial charge in [0.05, 0.1) is 0 Å². The maximum Gasteiger partial charge on any atom is 0.123 e. The van der Waals surface area contributed by atoms with Crippen molar-refractivity contribution in [3.63, 3.8) is 0 Å². The smallest absolute Gasteiger partial charge is 0.123 e. The lowest BCUT2D eigenvalue weighted by Crippen LogP contribution is -2.21. The highest BCUT2D eigenvalue weighted by molar-refractivity contribution is 5.54. The Morgan fingerprint density at radius 1 is 1.19 bits per heavy atom. The Morgan fingerprint density at radius 3 is 2.62 bits per heavy atom. The van der Waals surface area contributed by atoms with Crippen molar-refractivity contribution in [3.05, 3.63) is 29.6 Å². The van der Waals surface area contributed by atoms with Gasteiger partial charge in [-0.1, -0.05) is 6.42 Å². The van der Waals surface area contributed by atoms with Crippen LogP contribution in [-0.2, 0) is 0 Å². The molecule has 1 N–H and O–H groups in total. The van der Waals surface area contributed by atoms with Crippen molar-refractivity contribution in [2.45, 2.75) is 38.0 Å². The zero-order valence-electron chi connectivity index (χ0n) is 9.51. The highest BCUT2D eigenvalue weighted by atomic mass is 19.1. The van der Waals surface area contributed by atoms with E-state index in [0.29, 0.717) is 5.92 Å². The van der Waals surface area contributed by atoms with E-state index in [0.717, 1.165) is 18.2 Å². The van der Waals surface area contributed by atoms with Gasteiger partial charge in [-0.15, -0.1) is 0 Å². The number of hydrogen-bond acceptors (Lipinski definition) is 1. The van der Waals surface area contributed by atoms with Crippen LogP contribution in [0, 0.1) is 11.7 Å². The SMILES string of the molecule is Fc1ccc(NCC2CCC2)c(C2CC2)c1. The molecule has 1 aromatic carbocycles. The quantitative estimate of drug-likeness (QED) is 0.809. The standard InChI is InChI=1S/C14H18FN/c15-12-6-7-14(13(8-12)11-4-5-11)16-9-10-2-1-3-10/h6-8,10-11,16H,1-5,9H2. The summed E-state index contributed by atoms with van der Waals surface area (Å²) in [7, 11) is 0. The van der Waals surface area contributed by atoms with E-state index in [1.54, 1.807) is 12.1 Å². The first-order valence-electron chi connectivity index (χ1n) is 6.36. The van der Waals surface area contributed by atoms with E-state index < -0.39 is 0 Å². The second kappa shape index (κ2) is 4.08. The lowest BCUT2D eigenvalue weighted by atomic mass is 9.85. The van der Waals surface area contributed by atoms with Gasteiger partial charge in [0.2, 0.25) is 0 Å². The number of halogens is 1. The molecule has 0 spiro atoms. The van der Waals surface area contributed by atoms with Crippen molar-refractivity contribution in [1.82, 2.24) is 0 Å². The van der Waals surface area contributed by atoms with E-state index in [-0.39, 0.29) is 5.82 Å². The molecular weight excluding hydrogens is 201 g/mol. The van der Waals surface area contributed by atoms with Crippen LogP contribution >= 0.6 is 0 Å². The van der Waals surface area contributed by atoms with E-state index in [9.17, 15) is 4.39 Å². The van der Waals surface area contributed by atoms with E-state index in [1.807, 2.05) is 6.07 Å². The third-order valence-electron chi connectivity index (χ3n) is 3.84. The van der Waals surface area contributed by atoms with Crippen molar-refractivity contribution < 1.29 is 4.39 Å². The summed E-state index contributed by atoms with van der Waals surface area (Å²) in [6.45, 7) is 1.06. The largest absolute Gasteiger partial charge is 0.385 e. The Labute approximate surface area is 96.1 Å². The molecule has 86 valence electrons. The van der Waals surface area contributed by atoms with Gasteiger partial charge in [-0.2, -0.15) is 0 Å². The maximum atomic E-state index is 13.2. The molecule has 2 aliphatic rings. The molecule has 1 aromatic rings. The summed E-state index contributed by atoms with van der Waals surface area (Å²) in [6.07, 6.45) is 6.54. The lowest BCUT2D eigenvalue weighted by molar-refractivity contribution is 0.333. The lowest BCUT2D eigenvalue weighted by Gasteiger charge is -2.26. The first-order chi connectivity index (χ1) is 7.83. The van der Waals surface area contributed by atoms with Gasteiger partial charge in [-0.3, -0.25) is 0 Å². The van der Waals surface area contributed by atoms with Gasteiger partial charge in [0.25, 0.3) is 0 Å². The molecule has 0 heterocycles. The molecule has 0 amide bonds. The molecular formula is C14H18FN. The van der Waals surface area contributed by atoms with Crippen LogP contribution in [0.1, 0.15) is 43.6 Å². The van der Waals surface area contributed by atoms with Gasteiger partial charge in [-0.05, 0) is 61.3 Å². The van der Waals surface area contributed by atoms with Crippen molar-refractivity contribution >= 4 is 5.69 Å². The molecule has 2 saturated carbocycles. The average molecular weight is 219 g/mol. The van der Waals surface area contributed by atoms with Crippen LogP contribution in [0.3, 0.4) is 0 Å². The molecule has 2 heteroatoms. The van der Waals surface area contributed by atoms with Crippen LogP contribution in [0.25, 0.3) is 0 Å². The fourth-order valence-electron chi connectivity index (χ4n) is 2.38. The molecule has 0 atom stereocenters. The zero-order chi connectivity index (χ0) is 11.0. The molecule has 3 rings (SSSR count). The van der Waals surface area contributed by atoms with Gasteiger partial charge in [0, 0.05) is 12.2 Å². The molecule has 0 aliphatic heterocycles. The predicted molar refractivity (Wildman–Crippen MR) is 64.2 cm³/mol. The number of nitrogens with one attached hydrogen (secondary N) is 1. The highest BCUT2D eigenvalue weighted by Gasteiger charge is 2.27. The van der Waals surface area contributed by atoms with Crippen LogP contribution in [0.5, 0.6) is 0 Å². The Morgan fingerprint density at radius 2 is 2.00 bits per heavy atom. The molecule has 0 aromatic heterocycles. The van der Waals surface area contributed by atoms with Crippen LogP contribution in [0.2, 0.25) is 0 Å². The molecule has 16 heavy (non-hydrogen) atoms. The topological polar surface area (TPSA) is 12.0 Å². The molecule has 2 fully saturated rings. The van der Waals surface area contributed by atoms with Gasteiger partial charge in [0.15, 0.2) is 0 Å². The number of rotatable bonds is 4. The number of anilines is 1. The summed E-state index contributed by atoms with van der Waals surface area (Å²) in [5, 5.41) is 3.50. The zero-order valence-corrected chi connectivity index (χ0v) is 9.51. The van der Waals surface area contributed by atoms with Crippen molar-refractivity contribution in [2.75, 3.05) is 11.9 Å². The Hall–Kier alpha value is -1.05. The van der Waals surface area contributed by atoms with E-state index in [1.165, 1.54) is 37.7 Å². The summed E-state index contributed by atoms with van der Waals surface area (Å²) in [5.41, 5.74) is 2.36. The predicted octanol–water partition coefficient (Wildman–Crippen LogP) is 3.92. The summed E-state index contributed by atoms with van der Waals surface area (Å²) in [4.78, 5) is 0. The van der Waals surface area contributed by atoms with Gasteiger partial charge >= 0.3 is 0 Å². The third kappa shape index (κ3) is 2.06. The van der Waals surface area contributed by atoms with Crippen LogP contribution in [-0.4, -0.2) is 6.54 Å². The monoisotopic (exact) mass is 219 g/mol. The summed E-state index contributed by atoms with van der Waals surface area (Å²) in [5.74, 6) is 1.35. The van der Waals surface area contributed by atoms with Gasteiger partial charge in [0.1, 0.15) is 5.82 Å². The first-order valence-corrected chi connectivity index (χ1v) is 6.36. The minimum Gasteiger partial charge on any atom is -0.385 e. The number of hydrogen-bond donors (Lipinski definition) is 1. The Balaban J connectivity index is 1.71. The van der Waals surface area contributed by atoms with Crippen molar-refractivity contribution in [3.8, 4) is 0 Å². The third-order valence-corrected chi connectivity index (χ3v) is 3.84. The van der Waals surface area contributed by atoms with E-state index >= 15 is 0 Å². The number of benzene rings is 1. The summed E-state index contributed by atoms with van der Waals surface area (Å²) < 4.78 is 13.2. The summed E-state index contributed by atoms with van der Waals surface area (Å²) >= 11 is 0. The molecule has 0 bridgehead atoms. The maximum absolute atomic E-state index is 13.2. The van der Waals surface area contributed by atoms with Crippen molar-refractivity contribution in [1.29, 1.82) is 0 Å². The Bertz CT molecular complexity index is 380. The first kappa shape index (κ1) is 10.1. The van der Waals surface area contributed by atoms with Gasteiger partial charge < -0.3 is 5.32 Å². The summed E-state index contributed by atoms with van der Waals surface area (Å²) in [6, 6.07) is 5.18. The molecule has 1 nitrogen and oxygen atoms in total. The molecule has 2 aliphatic carbocycles. The normalized spacial score (nSPS) is 20.6. The Kier molecular flexibility index (Phi) is 2.58. The fraction of sp³-hybridized carbons (Fsp3) is 0.571. The van der Waals surface area contributed by atoms with Crippen LogP contribution < -0.4 is 5.32 Å².